The third-order valence-corrected chi connectivity index (χ3v) is 6.43. The monoisotopic (exact) mass is 347 g/mol. The molecule has 0 spiro atoms. The summed E-state index contributed by atoms with van der Waals surface area (Å²) in [5.74, 6) is 0.146. The van der Waals surface area contributed by atoms with Gasteiger partial charge in [-0.15, -0.1) is 0 Å². The van der Waals surface area contributed by atoms with Crippen molar-refractivity contribution in [3.63, 3.8) is 0 Å². The molecule has 1 N–H and O–H groups in total. The number of aliphatic hydroxyl groups is 1. The van der Waals surface area contributed by atoms with Gasteiger partial charge in [-0.3, -0.25) is 0 Å². The Balaban J connectivity index is 2.32. The Bertz CT molecular complexity index is 573. The van der Waals surface area contributed by atoms with Gasteiger partial charge in [-0.05, 0) is 52.9 Å². The summed E-state index contributed by atoms with van der Waals surface area (Å²) in [6, 6.07) is 5.18. The molecule has 0 aliphatic carbocycles. The molecule has 0 bridgehead atoms. The zero-order valence-electron chi connectivity index (χ0n) is 11.0. The minimum Gasteiger partial charge on any atom is -0.391 e. The lowest BCUT2D eigenvalue weighted by Gasteiger charge is -2.33. The van der Waals surface area contributed by atoms with Crippen LogP contribution >= 0.6 is 15.9 Å². The van der Waals surface area contributed by atoms with Gasteiger partial charge in [0.05, 0.1) is 11.0 Å². The molecule has 2 rings (SSSR count). The van der Waals surface area contributed by atoms with Crippen LogP contribution in [0.4, 0.5) is 0 Å². The van der Waals surface area contributed by atoms with Crippen molar-refractivity contribution in [3.05, 3.63) is 28.2 Å². The molecule has 19 heavy (non-hydrogen) atoms. The van der Waals surface area contributed by atoms with Crippen molar-refractivity contribution >= 4 is 26.0 Å². The second-order valence-electron chi connectivity index (χ2n) is 5.13. The van der Waals surface area contributed by atoms with Gasteiger partial charge in [0, 0.05) is 17.6 Å². The van der Waals surface area contributed by atoms with E-state index in [9.17, 15) is 13.5 Å². The molecular weight excluding hydrogens is 330 g/mol. The highest BCUT2D eigenvalue weighted by Crippen LogP contribution is 2.29. The van der Waals surface area contributed by atoms with Crippen LogP contribution in [0.25, 0.3) is 0 Å². The van der Waals surface area contributed by atoms with Crippen LogP contribution in [0, 0.1) is 12.8 Å². The molecule has 0 radical (unpaired) electrons. The third kappa shape index (κ3) is 3.02. The first-order valence-electron chi connectivity index (χ1n) is 6.26. The summed E-state index contributed by atoms with van der Waals surface area (Å²) in [4.78, 5) is 0.264. The van der Waals surface area contributed by atoms with Gasteiger partial charge in [-0.1, -0.05) is 13.0 Å². The quantitative estimate of drug-likeness (QED) is 0.891. The Morgan fingerprint density at radius 2 is 2.11 bits per heavy atom. The lowest BCUT2D eigenvalue weighted by Crippen LogP contribution is -2.45. The van der Waals surface area contributed by atoms with Crippen LogP contribution in [-0.2, 0) is 10.0 Å². The molecule has 0 saturated carbocycles. The molecule has 1 aromatic rings. The van der Waals surface area contributed by atoms with E-state index in [2.05, 4.69) is 15.9 Å². The van der Waals surface area contributed by atoms with Crippen molar-refractivity contribution in [2.45, 2.75) is 31.3 Å². The van der Waals surface area contributed by atoms with Crippen LogP contribution in [-0.4, -0.2) is 37.0 Å². The topological polar surface area (TPSA) is 57.6 Å². The number of halogens is 1. The highest BCUT2D eigenvalue weighted by Gasteiger charge is 2.33. The Morgan fingerprint density at radius 3 is 2.68 bits per heavy atom. The largest absolute Gasteiger partial charge is 0.391 e. The number of hydrogen-bond acceptors (Lipinski definition) is 3. The van der Waals surface area contributed by atoms with Crippen molar-refractivity contribution in [1.82, 2.24) is 4.31 Å². The number of β-amino-alcohol motifs (C(OH)–C–C–N with tert-alkyl or cyclic N) is 1. The van der Waals surface area contributed by atoms with Gasteiger partial charge in [0.25, 0.3) is 0 Å². The molecule has 1 fully saturated rings. The molecule has 0 amide bonds. The Morgan fingerprint density at radius 1 is 1.42 bits per heavy atom. The standard InChI is InChI=1S/C13H18BrNO3S/c1-9-3-4-13(11(14)7-9)19(17,18)15-6-5-10(2)12(16)8-15/h3-4,7,10,12,16H,5-6,8H2,1-2H3. The first-order valence-corrected chi connectivity index (χ1v) is 8.50. The van der Waals surface area contributed by atoms with E-state index in [1.54, 1.807) is 18.2 Å². The minimum absolute atomic E-state index is 0.146. The molecule has 1 heterocycles. The first kappa shape index (κ1) is 15.0. The molecule has 2 unspecified atom stereocenters. The average molecular weight is 348 g/mol. The molecule has 1 aromatic carbocycles. The van der Waals surface area contributed by atoms with Crippen LogP contribution in [0.1, 0.15) is 18.9 Å². The van der Waals surface area contributed by atoms with Crippen molar-refractivity contribution in [2.24, 2.45) is 5.92 Å². The van der Waals surface area contributed by atoms with Gasteiger partial charge in [0.1, 0.15) is 0 Å². The first-order chi connectivity index (χ1) is 8.82. The normalized spacial score (nSPS) is 25.5. The zero-order valence-corrected chi connectivity index (χ0v) is 13.4. The minimum atomic E-state index is -3.54. The lowest BCUT2D eigenvalue weighted by molar-refractivity contribution is 0.0605. The molecular formula is C13H18BrNO3S. The lowest BCUT2D eigenvalue weighted by atomic mass is 9.98. The van der Waals surface area contributed by atoms with Crippen LogP contribution in [0.2, 0.25) is 0 Å². The molecule has 2 atom stereocenters. The molecule has 0 aromatic heterocycles. The number of benzene rings is 1. The number of aryl methyl sites for hydroxylation is 1. The van der Waals surface area contributed by atoms with E-state index >= 15 is 0 Å². The molecule has 1 aliphatic rings. The number of aliphatic hydroxyl groups excluding tert-OH is 1. The van der Waals surface area contributed by atoms with Crippen molar-refractivity contribution in [2.75, 3.05) is 13.1 Å². The number of nitrogens with zero attached hydrogens (tertiary/aromatic N) is 1. The van der Waals surface area contributed by atoms with Gasteiger partial charge in [0.15, 0.2) is 0 Å². The van der Waals surface area contributed by atoms with E-state index in [0.717, 1.165) is 5.56 Å². The fraction of sp³-hybridized carbons (Fsp3) is 0.538. The smallest absolute Gasteiger partial charge is 0.244 e. The van der Waals surface area contributed by atoms with Gasteiger partial charge >= 0.3 is 0 Å². The fourth-order valence-corrected chi connectivity index (χ4v) is 4.82. The van der Waals surface area contributed by atoms with Gasteiger partial charge in [-0.2, -0.15) is 4.31 Å². The van der Waals surface area contributed by atoms with E-state index in [0.29, 0.717) is 17.4 Å². The van der Waals surface area contributed by atoms with E-state index < -0.39 is 16.1 Å². The summed E-state index contributed by atoms with van der Waals surface area (Å²) in [7, 11) is -3.54. The maximum Gasteiger partial charge on any atom is 0.244 e. The highest BCUT2D eigenvalue weighted by atomic mass is 79.9. The maximum atomic E-state index is 12.6. The fourth-order valence-electron chi connectivity index (χ4n) is 2.19. The predicted octanol–water partition coefficient (Wildman–Crippen LogP) is 2.15. The van der Waals surface area contributed by atoms with Crippen molar-refractivity contribution in [3.8, 4) is 0 Å². The van der Waals surface area contributed by atoms with E-state index in [-0.39, 0.29) is 17.4 Å². The summed E-state index contributed by atoms with van der Waals surface area (Å²) >= 11 is 3.31. The number of rotatable bonds is 2. The van der Waals surface area contributed by atoms with Crippen molar-refractivity contribution in [1.29, 1.82) is 0 Å². The molecule has 106 valence electrons. The zero-order chi connectivity index (χ0) is 14.2. The van der Waals surface area contributed by atoms with E-state index in [4.69, 9.17) is 0 Å². The highest BCUT2D eigenvalue weighted by molar-refractivity contribution is 9.10. The van der Waals surface area contributed by atoms with Gasteiger partial charge in [0.2, 0.25) is 10.0 Å². The second-order valence-corrected chi connectivity index (χ2v) is 7.89. The van der Waals surface area contributed by atoms with E-state index in [1.807, 2.05) is 13.8 Å². The summed E-state index contributed by atoms with van der Waals surface area (Å²) in [5.41, 5.74) is 0.998. The molecule has 6 heteroatoms. The predicted molar refractivity (Wildman–Crippen MR) is 77.4 cm³/mol. The maximum absolute atomic E-state index is 12.6. The number of hydrogen-bond donors (Lipinski definition) is 1. The summed E-state index contributed by atoms with van der Waals surface area (Å²) in [6.45, 7) is 4.48. The Kier molecular flexibility index (Phi) is 4.35. The number of piperidine rings is 1. The molecule has 1 saturated heterocycles. The average Bonchev–Trinajstić information content (AvgIpc) is 2.32. The van der Waals surface area contributed by atoms with Crippen LogP contribution in [0.15, 0.2) is 27.6 Å². The summed E-state index contributed by atoms with van der Waals surface area (Å²) in [6.07, 6.45) is 0.0944. The summed E-state index contributed by atoms with van der Waals surface area (Å²) in [5, 5.41) is 9.85. The van der Waals surface area contributed by atoms with Crippen molar-refractivity contribution < 1.29 is 13.5 Å². The Labute approximate surface area is 122 Å². The van der Waals surface area contributed by atoms with Crippen LogP contribution < -0.4 is 0 Å². The number of sulfonamides is 1. The SMILES string of the molecule is Cc1ccc(S(=O)(=O)N2CCC(C)C(O)C2)c(Br)c1. The van der Waals surface area contributed by atoms with Crippen LogP contribution in [0.3, 0.4) is 0 Å². The van der Waals surface area contributed by atoms with E-state index in [1.165, 1.54) is 4.31 Å². The van der Waals surface area contributed by atoms with Gasteiger partial charge in [-0.25, -0.2) is 8.42 Å². The second kappa shape index (κ2) is 5.52. The molecule has 1 aliphatic heterocycles. The Hall–Kier alpha value is -0.430. The summed E-state index contributed by atoms with van der Waals surface area (Å²) < 4.78 is 27.1. The molecule has 4 nitrogen and oxygen atoms in total. The third-order valence-electron chi connectivity index (χ3n) is 3.59. The van der Waals surface area contributed by atoms with Crippen LogP contribution in [0.5, 0.6) is 0 Å². The van der Waals surface area contributed by atoms with Gasteiger partial charge < -0.3 is 5.11 Å².